The fourth-order valence-electron chi connectivity index (χ4n) is 1.90. The van der Waals surface area contributed by atoms with Gasteiger partial charge in [-0.3, -0.25) is 0 Å². The quantitative estimate of drug-likeness (QED) is 0.810. The molecule has 0 amide bonds. The number of β-amino-alcohol motifs (C(OH)–C–C–N with tert-alkyl or cyclic N) is 1. The van der Waals surface area contributed by atoms with E-state index in [2.05, 4.69) is 5.32 Å². The van der Waals surface area contributed by atoms with Crippen LogP contribution in [0.3, 0.4) is 0 Å². The van der Waals surface area contributed by atoms with E-state index >= 15 is 0 Å². The van der Waals surface area contributed by atoms with Crippen molar-refractivity contribution in [2.75, 3.05) is 13.1 Å². The second kappa shape index (κ2) is 4.08. The first kappa shape index (κ1) is 10.9. The van der Waals surface area contributed by atoms with Crippen molar-refractivity contribution >= 4 is 11.6 Å². The van der Waals surface area contributed by atoms with Crippen LogP contribution in [-0.2, 0) is 6.42 Å². The SMILES string of the molecule is OC1(Cc2ccc(F)cc2Cl)CCNC1. The van der Waals surface area contributed by atoms with Crippen molar-refractivity contribution < 1.29 is 9.50 Å². The molecule has 1 atom stereocenters. The highest BCUT2D eigenvalue weighted by atomic mass is 35.5. The lowest BCUT2D eigenvalue weighted by molar-refractivity contribution is 0.0619. The molecule has 2 nitrogen and oxygen atoms in total. The molecule has 1 fully saturated rings. The molecular formula is C11H13ClFNO. The topological polar surface area (TPSA) is 32.3 Å². The van der Waals surface area contributed by atoms with Crippen LogP contribution in [-0.4, -0.2) is 23.8 Å². The monoisotopic (exact) mass is 229 g/mol. The predicted molar refractivity (Wildman–Crippen MR) is 57.6 cm³/mol. The lowest BCUT2D eigenvalue weighted by Gasteiger charge is -2.21. The fraction of sp³-hybridized carbons (Fsp3) is 0.455. The van der Waals surface area contributed by atoms with Gasteiger partial charge in [0.1, 0.15) is 5.82 Å². The van der Waals surface area contributed by atoms with Gasteiger partial charge in [-0.15, -0.1) is 0 Å². The predicted octanol–water partition coefficient (Wildman–Crippen LogP) is 1.75. The van der Waals surface area contributed by atoms with Crippen molar-refractivity contribution in [1.82, 2.24) is 5.32 Å². The molecule has 15 heavy (non-hydrogen) atoms. The zero-order valence-electron chi connectivity index (χ0n) is 8.26. The number of rotatable bonds is 2. The number of nitrogens with one attached hydrogen (secondary N) is 1. The third kappa shape index (κ3) is 2.48. The van der Waals surface area contributed by atoms with Gasteiger partial charge in [0.05, 0.1) is 5.60 Å². The summed E-state index contributed by atoms with van der Waals surface area (Å²) >= 11 is 5.90. The summed E-state index contributed by atoms with van der Waals surface area (Å²) in [4.78, 5) is 0. The summed E-state index contributed by atoms with van der Waals surface area (Å²) in [5.74, 6) is -0.347. The van der Waals surface area contributed by atoms with Gasteiger partial charge >= 0.3 is 0 Å². The summed E-state index contributed by atoms with van der Waals surface area (Å²) in [6.07, 6.45) is 1.18. The highest BCUT2D eigenvalue weighted by Crippen LogP contribution is 2.25. The number of aliphatic hydroxyl groups is 1. The van der Waals surface area contributed by atoms with Crippen LogP contribution in [0.5, 0.6) is 0 Å². The van der Waals surface area contributed by atoms with Crippen LogP contribution in [0.15, 0.2) is 18.2 Å². The molecule has 1 aromatic carbocycles. The molecule has 82 valence electrons. The van der Waals surface area contributed by atoms with Crippen LogP contribution in [0.2, 0.25) is 5.02 Å². The van der Waals surface area contributed by atoms with Gasteiger partial charge in [0.15, 0.2) is 0 Å². The van der Waals surface area contributed by atoms with Gasteiger partial charge < -0.3 is 10.4 Å². The maximum atomic E-state index is 12.8. The first-order chi connectivity index (χ1) is 7.09. The Morgan fingerprint density at radius 3 is 2.93 bits per heavy atom. The first-order valence-corrected chi connectivity index (χ1v) is 5.34. The van der Waals surface area contributed by atoms with Gasteiger partial charge in [-0.2, -0.15) is 0 Å². The smallest absolute Gasteiger partial charge is 0.124 e. The van der Waals surface area contributed by atoms with Crippen molar-refractivity contribution in [3.05, 3.63) is 34.6 Å². The second-order valence-electron chi connectivity index (χ2n) is 4.06. The third-order valence-electron chi connectivity index (χ3n) is 2.76. The van der Waals surface area contributed by atoms with Gasteiger partial charge in [0.2, 0.25) is 0 Å². The molecule has 1 heterocycles. The standard InChI is InChI=1S/C11H13ClFNO/c12-10-5-9(13)2-1-8(10)6-11(15)3-4-14-7-11/h1-2,5,14-15H,3-4,6-7H2. The number of hydrogen-bond acceptors (Lipinski definition) is 2. The van der Waals surface area contributed by atoms with E-state index in [1.807, 2.05) is 0 Å². The second-order valence-corrected chi connectivity index (χ2v) is 4.47. The third-order valence-corrected chi connectivity index (χ3v) is 3.11. The average Bonchev–Trinajstić information content (AvgIpc) is 2.58. The number of hydrogen-bond donors (Lipinski definition) is 2. The molecule has 0 aromatic heterocycles. The van der Waals surface area contributed by atoms with E-state index in [-0.39, 0.29) is 5.82 Å². The fourth-order valence-corrected chi connectivity index (χ4v) is 2.14. The Hall–Kier alpha value is -0.640. The molecule has 0 bridgehead atoms. The summed E-state index contributed by atoms with van der Waals surface area (Å²) in [7, 11) is 0. The van der Waals surface area contributed by atoms with Crippen LogP contribution >= 0.6 is 11.6 Å². The summed E-state index contributed by atoms with van der Waals surface area (Å²) in [6, 6.07) is 4.28. The largest absolute Gasteiger partial charge is 0.388 e. The van der Waals surface area contributed by atoms with Crippen molar-refractivity contribution in [2.24, 2.45) is 0 Å². The van der Waals surface area contributed by atoms with Crippen molar-refractivity contribution in [3.63, 3.8) is 0 Å². The first-order valence-electron chi connectivity index (χ1n) is 4.96. The molecule has 1 aliphatic heterocycles. The van der Waals surface area contributed by atoms with Crippen LogP contribution < -0.4 is 5.32 Å². The summed E-state index contributed by atoms with van der Waals surface area (Å²) in [5, 5.41) is 13.6. The van der Waals surface area contributed by atoms with Crippen LogP contribution in [0, 0.1) is 5.82 Å². The molecule has 2 N–H and O–H groups in total. The lowest BCUT2D eigenvalue weighted by atomic mass is 9.94. The maximum Gasteiger partial charge on any atom is 0.124 e. The Labute approximate surface area is 93.1 Å². The Balaban J connectivity index is 2.16. The normalized spacial score (nSPS) is 25.8. The molecule has 2 rings (SSSR count). The van der Waals surface area contributed by atoms with Crippen LogP contribution in [0.1, 0.15) is 12.0 Å². The molecule has 1 saturated heterocycles. The minimum atomic E-state index is -0.735. The molecule has 1 unspecified atom stereocenters. The van der Waals surface area contributed by atoms with Gasteiger partial charge in [-0.05, 0) is 30.7 Å². The van der Waals surface area contributed by atoms with Gasteiger partial charge in [0, 0.05) is 18.0 Å². The van der Waals surface area contributed by atoms with E-state index in [4.69, 9.17) is 11.6 Å². The van der Waals surface area contributed by atoms with Crippen molar-refractivity contribution in [2.45, 2.75) is 18.4 Å². The summed E-state index contributed by atoms with van der Waals surface area (Å²) < 4.78 is 12.8. The molecule has 0 spiro atoms. The van der Waals surface area contributed by atoms with Crippen LogP contribution in [0.25, 0.3) is 0 Å². The van der Waals surface area contributed by atoms with E-state index in [9.17, 15) is 9.50 Å². The molecule has 4 heteroatoms. The Morgan fingerprint density at radius 2 is 2.33 bits per heavy atom. The highest BCUT2D eigenvalue weighted by Gasteiger charge is 2.31. The lowest BCUT2D eigenvalue weighted by Crippen LogP contribution is -2.33. The minimum Gasteiger partial charge on any atom is -0.388 e. The molecule has 0 radical (unpaired) electrons. The summed E-state index contributed by atoms with van der Waals surface area (Å²) in [5.41, 5.74) is 0.0610. The van der Waals surface area contributed by atoms with Crippen molar-refractivity contribution in [1.29, 1.82) is 0 Å². The maximum absolute atomic E-state index is 12.8. The van der Waals surface area contributed by atoms with E-state index < -0.39 is 5.60 Å². The van der Waals surface area contributed by atoms with Gasteiger partial charge in [0.25, 0.3) is 0 Å². The molecule has 0 aliphatic carbocycles. The zero-order chi connectivity index (χ0) is 10.9. The molecule has 1 aromatic rings. The number of benzene rings is 1. The van der Waals surface area contributed by atoms with E-state index in [0.29, 0.717) is 24.4 Å². The molecule has 1 aliphatic rings. The van der Waals surface area contributed by atoms with Crippen molar-refractivity contribution in [3.8, 4) is 0 Å². The van der Waals surface area contributed by atoms with Crippen LogP contribution in [0.4, 0.5) is 4.39 Å². The Morgan fingerprint density at radius 1 is 1.53 bits per heavy atom. The van der Waals surface area contributed by atoms with E-state index in [0.717, 1.165) is 12.1 Å². The molecule has 0 saturated carbocycles. The zero-order valence-corrected chi connectivity index (χ0v) is 9.02. The highest BCUT2D eigenvalue weighted by molar-refractivity contribution is 6.31. The molecular weight excluding hydrogens is 217 g/mol. The Kier molecular flexibility index (Phi) is 2.96. The number of halogens is 2. The van der Waals surface area contributed by atoms with E-state index in [1.54, 1.807) is 6.07 Å². The average molecular weight is 230 g/mol. The van der Waals surface area contributed by atoms with E-state index in [1.165, 1.54) is 12.1 Å². The Bertz CT molecular complexity index is 364. The minimum absolute atomic E-state index is 0.347. The van der Waals surface area contributed by atoms with Gasteiger partial charge in [-0.25, -0.2) is 4.39 Å². The van der Waals surface area contributed by atoms with Gasteiger partial charge in [-0.1, -0.05) is 17.7 Å². The summed E-state index contributed by atoms with van der Waals surface area (Å²) in [6.45, 7) is 1.38.